The third-order valence-electron chi connectivity index (χ3n) is 5.63. The van der Waals surface area contributed by atoms with Crippen molar-refractivity contribution >= 4 is 34.4 Å². The van der Waals surface area contributed by atoms with Gasteiger partial charge in [-0.2, -0.15) is 0 Å². The molecule has 0 aliphatic rings. The van der Waals surface area contributed by atoms with Crippen molar-refractivity contribution in [3.8, 4) is 11.3 Å². The Kier molecular flexibility index (Phi) is 7.55. The summed E-state index contributed by atoms with van der Waals surface area (Å²) in [5, 5.41) is 13.4. The van der Waals surface area contributed by atoms with Crippen LogP contribution in [-0.2, 0) is 17.8 Å². The van der Waals surface area contributed by atoms with Crippen LogP contribution >= 0.6 is 11.6 Å². The number of carboxylic acid groups (broad SMARTS) is 1. The zero-order valence-electron chi connectivity index (χ0n) is 18.6. The number of hydrogen-bond acceptors (Lipinski definition) is 3. The predicted octanol–water partition coefficient (Wildman–Crippen LogP) is 6.28. The summed E-state index contributed by atoms with van der Waals surface area (Å²) in [6.45, 7) is 0.386. The van der Waals surface area contributed by atoms with Crippen LogP contribution in [0.5, 0.6) is 0 Å². The number of nitrogens with zero attached hydrogens (tertiary/aromatic N) is 1. The monoisotopic (exact) mass is 472 g/mol. The first-order chi connectivity index (χ1) is 16.5. The van der Waals surface area contributed by atoms with Crippen molar-refractivity contribution in [1.29, 1.82) is 0 Å². The van der Waals surface area contributed by atoms with E-state index in [2.05, 4.69) is 11.4 Å². The highest BCUT2D eigenvalue weighted by molar-refractivity contribution is 6.30. The number of carboxylic acids is 1. The van der Waals surface area contributed by atoms with Crippen LogP contribution in [0.25, 0.3) is 22.2 Å². The molecule has 0 spiro atoms. The van der Waals surface area contributed by atoms with Crippen molar-refractivity contribution in [2.75, 3.05) is 0 Å². The van der Waals surface area contributed by atoms with Gasteiger partial charge in [-0.1, -0.05) is 54.1 Å². The van der Waals surface area contributed by atoms with Gasteiger partial charge in [0.15, 0.2) is 0 Å². The molecule has 0 saturated heterocycles. The number of aromatic nitrogens is 1. The van der Waals surface area contributed by atoms with E-state index in [0.717, 1.165) is 39.7 Å². The van der Waals surface area contributed by atoms with Gasteiger partial charge in [-0.15, -0.1) is 0 Å². The minimum atomic E-state index is -0.784. The van der Waals surface area contributed by atoms with E-state index >= 15 is 0 Å². The van der Waals surface area contributed by atoms with Crippen LogP contribution in [-0.4, -0.2) is 22.0 Å². The van der Waals surface area contributed by atoms with Gasteiger partial charge in [-0.25, -0.2) is 4.98 Å². The van der Waals surface area contributed by atoms with Crippen molar-refractivity contribution in [2.45, 2.75) is 32.2 Å². The highest BCUT2D eigenvalue weighted by Crippen LogP contribution is 2.28. The Labute approximate surface area is 203 Å². The van der Waals surface area contributed by atoms with Gasteiger partial charge < -0.3 is 10.4 Å². The number of halogens is 1. The summed E-state index contributed by atoms with van der Waals surface area (Å²) in [6.07, 6.45) is 2.22. The molecule has 0 bridgehead atoms. The third kappa shape index (κ3) is 6.00. The minimum Gasteiger partial charge on any atom is -0.481 e. The maximum Gasteiger partial charge on any atom is 0.303 e. The molecule has 4 rings (SSSR count). The molecular weight excluding hydrogens is 448 g/mol. The molecule has 6 heteroatoms. The van der Waals surface area contributed by atoms with Gasteiger partial charge in [0.2, 0.25) is 0 Å². The lowest BCUT2D eigenvalue weighted by Crippen LogP contribution is -2.22. The minimum absolute atomic E-state index is 0.151. The number of aryl methyl sites for hydroxylation is 1. The predicted molar refractivity (Wildman–Crippen MR) is 135 cm³/mol. The molecule has 4 aromatic rings. The number of unbranched alkanes of at least 4 members (excludes halogenated alkanes) is 1. The van der Waals surface area contributed by atoms with Crippen molar-refractivity contribution in [2.24, 2.45) is 0 Å². The number of pyridine rings is 1. The summed E-state index contributed by atoms with van der Waals surface area (Å²) in [4.78, 5) is 28.6. The van der Waals surface area contributed by atoms with Crippen molar-refractivity contribution in [3.63, 3.8) is 0 Å². The second-order valence-electron chi connectivity index (χ2n) is 8.18. The molecule has 0 saturated carbocycles. The first-order valence-electron chi connectivity index (χ1n) is 11.2. The van der Waals surface area contributed by atoms with Crippen LogP contribution in [0.3, 0.4) is 0 Å². The number of rotatable bonds is 9. The summed E-state index contributed by atoms with van der Waals surface area (Å²) < 4.78 is 0. The Balaban J connectivity index is 1.59. The Hall–Kier alpha value is -3.70. The SMILES string of the molecule is O=C(O)CCCCc1cc2cc(C(=O)NCc3cccc(Cl)c3)ccc2nc1-c1ccccc1. The van der Waals surface area contributed by atoms with E-state index in [9.17, 15) is 9.59 Å². The van der Waals surface area contributed by atoms with Crippen molar-refractivity contribution < 1.29 is 14.7 Å². The van der Waals surface area contributed by atoms with E-state index in [1.165, 1.54) is 0 Å². The third-order valence-corrected chi connectivity index (χ3v) is 5.87. The van der Waals surface area contributed by atoms with Crippen LogP contribution in [0, 0.1) is 0 Å². The highest BCUT2D eigenvalue weighted by atomic mass is 35.5. The summed E-state index contributed by atoms with van der Waals surface area (Å²) >= 11 is 6.03. The van der Waals surface area contributed by atoms with Crippen LogP contribution in [0.15, 0.2) is 78.9 Å². The molecule has 2 N–H and O–H groups in total. The standard InChI is InChI=1S/C28H25ClN2O3/c29-24-11-6-7-19(15-24)18-30-28(34)22-13-14-25-23(17-22)16-21(10-4-5-12-26(32)33)27(31-25)20-8-2-1-3-9-20/h1-3,6-9,11,13-17H,4-5,10,12,18H2,(H,30,34)(H,32,33). The lowest BCUT2D eigenvalue weighted by atomic mass is 9.98. The Morgan fingerprint density at radius 1 is 0.912 bits per heavy atom. The summed E-state index contributed by atoms with van der Waals surface area (Å²) in [5.74, 6) is -0.953. The second-order valence-corrected chi connectivity index (χ2v) is 8.62. The Morgan fingerprint density at radius 2 is 1.74 bits per heavy atom. The van der Waals surface area contributed by atoms with E-state index in [1.54, 1.807) is 12.1 Å². The first-order valence-corrected chi connectivity index (χ1v) is 11.6. The van der Waals surface area contributed by atoms with E-state index in [-0.39, 0.29) is 12.3 Å². The molecule has 0 unspecified atom stereocenters. The number of carbonyl (C=O) groups excluding carboxylic acids is 1. The fraction of sp³-hybridized carbons (Fsp3) is 0.179. The molecule has 3 aromatic carbocycles. The number of benzene rings is 3. The van der Waals surface area contributed by atoms with Crippen LogP contribution in [0.1, 0.15) is 40.7 Å². The van der Waals surface area contributed by atoms with E-state index in [0.29, 0.717) is 30.0 Å². The summed E-state index contributed by atoms with van der Waals surface area (Å²) in [6, 6.07) is 24.9. The quantitative estimate of drug-likeness (QED) is 0.281. The maximum absolute atomic E-state index is 12.8. The fourth-order valence-electron chi connectivity index (χ4n) is 3.92. The van der Waals surface area contributed by atoms with E-state index in [1.807, 2.05) is 60.7 Å². The van der Waals surface area contributed by atoms with Gasteiger partial charge >= 0.3 is 5.97 Å². The van der Waals surface area contributed by atoms with Crippen LogP contribution in [0.2, 0.25) is 5.02 Å². The number of amides is 1. The van der Waals surface area contributed by atoms with Gasteiger partial charge in [0.1, 0.15) is 0 Å². The zero-order chi connectivity index (χ0) is 23.9. The number of aliphatic carboxylic acids is 1. The Bertz CT molecular complexity index is 1320. The normalized spacial score (nSPS) is 10.9. The molecule has 5 nitrogen and oxygen atoms in total. The summed E-state index contributed by atoms with van der Waals surface area (Å²) in [7, 11) is 0. The molecular formula is C28H25ClN2O3. The molecule has 34 heavy (non-hydrogen) atoms. The molecule has 0 fully saturated rings. The molecule has 0 atom stereocenters. The van der Waals surface area contributed by atoms with Crippen LogP contribution in [0.4, 0.5) is 0 Å². The van der Waals surface area contributed by atoms with E-state index in [4.69, 9.17) is 21.7 Å². The second kappa shape index (κ2) is 10.9. The molecule has 1 heterocycles. The van der Waals surface area contributed by atoms with Gasteiger partial charge in [0.25, 0.3) is 5.91 Å². The average Bonchev–Trinajstić information content (AvgIpc) is 2.85. The number of hydrogen-bond donors (Lipinski definition) is 2. The van der Waals surface area contributed by atoms with Crippen LogP contribution < -0.4 is 5.32 Å². The van der Waals surface area contributed by atoms with Crippen molar-refractivity contribution in [3.05, 3.63) is 101 Å². The summed E-state index contributed by atoms with van der Waals surface area (Å²) in [5.41, 5.74) is 5.24. The van der Waals surface area contributed by atoms with Gasteiger partial charge in [0, 0.05) is 34.5 Å². The average molecular weight is 473 g/mol. The molecule has 1 aromatic heterocycles. The lowest BCUT2D eigenvalue weighted by Gasteiger charge is -2.12. The number of nitrogens with one attached hydrogen (secondary N) is 1. The van der Waals surface area contributed by atoms with E-state index < -0.39 is 5.97 Å². The van der Waals surface area contributed by atoms with Gasteiger partial charge in [-0.3, -0.25) is 9.59 Å². The number of carbonyl (C=O) groups is 2. The Morgan fingerprint density at radius 3 is 2.50 bits per heavy atom. The smallest absolute Gasteiger partial charge is 0.303 e. The largest absolute Gasteiger partial charge is 0.481 e. The first kappa shape index (κ1) is 23.5. The zero-order valence-corrected chi connectivity index (χ0v) is 19.4. The molecule has 172 valence electrons. The molecule has 0 aliphatic heterocycles. The lowest BCUT2D eigenvalue weighted by molar-refractivity contribution is -0.137. The molecule has 0 aliphatic carbocycles. The highest BCUT2D eigenvalue weighted by Gasteiger charge is 2.12. The fourth-order valence-corrected chi connectivity index (χ4v) is 4.13. The van der Waals surface area contributed by atoms with Crippen molar-refractivity contribution in [1.82, 2.24) is 10.3 Å². The van der Waals surface area contributed by atoms with Gasteiger partial charge in [0.05, 0.1) is 11.2 Å². The van der Waals surface area contributed by atoms with Gasteiger partial charge in [-0.05, 0) is 66.8 Å². The topological polar surface area (TPSA) is 79.3 Å². The number of fused-ring (bicyclic) bond motifs is 1. The molecule has 0 radical (unpaired) electrons. The maximum atomic E-state index is 12.8. The molecule has 1 amide bonds.